The third-order valence-corrected chi connectivity index (χ3v) is 2.84. The van der Waals surface area contributed by atoms with Gasteiger partial charge in [-0.15, -0.1) is 0 Å². The second-order valence-electron chi connectivity index (χ2n) is 3.83. The SMILES string of the molecule is O=C(Nc1ccc(Cl)cn1)[C@@H]1CC=CCC1. The maximum absolute atomic E-state index is 11.8. The van der Waals surface area contributed by atoms with Crippen LogP contribution in [-0.2, 0) is 4.79 Å². The standard InChI is InChI=1S/C12H13ClN2O/c13-10-6-7-11(14-8-10)15-12(16)9-4-2-1-3-5-9/h1-2,6-9H,3-5H2,(H,14,15,16)/t9-/m1/s1. The average Bonchev–Trinajstić information content (AvgIpc) is 2.33. The number of hydrogen-bond donors (Lipinski definition) is 1. The Bertz CT molecular complexity index is 400. The third-order valence-electron chi connectivity index (χ3n) is 2.62. The molecule has 1 aliphatic rings. The lowest BCUT2D eigenvalue weighted by Crippen LogP contribution is -2.23. The van der Waals surface area contributed by atoms with Gasteiger partial charge in [-0.2, -0.15) is 0 Å². The minimum Gasteiger partial charge on any atom is -0.310 e. The first-order chi connectivity index (χ1) is 7.75. The molecule has 1 amide bonds. The molecule has 3 nitrogen and oxygen atoms in total. The van der Waals surface area contributed by atoms with Crippen molar-refractivity contribution in [2.45, 2.75) is 19.3 Å². The van der Waals surface area contributed by atoms with Crippen molar-refractivity contribution in [2.24, 2.45) is 5.92 Å². The predicted molar refractivity (Wildman–Crippen MR) is 64.4 cm³/mol. The van der Waals surface area contributed by atoms with E-state index in [1.165, 1.54) is 6.20 Å². The topological polar surface area (TPSA) is 42.0 Å². The highest BCUT2D eigenvalue weighted by atomic mass is 35.5. The Labute approximate surface area is 99.5 Å². The fraction of sp³-hybridized carbons (Fsp3) is 0.333. The largest absolute Gasteiger partial charge is 0.310 e. The lowest BCUT2D eigenvalue weighted by molar-refractivity contribution is -0.120. The fourth-order valence-corrected chi connectivity index (χ4v) is 1.82. The Morgan fingerprint density at radius 2 is 2.31 bits per heavy atom. The van der Waals surface area contributed by atoms with Gasteiger partial charge in [-0.1, -0.05) is 23.8 Å². The minimum absolute atomic E-state index is 0.0409. The van der Waals surface area contributed by atoms with Gasteiger partial charge in [0.25, 0.3) is 0 Å². The molecule has 0 saturated carbocycles. The van der Waals surface area contributed by atoms with Crippen molar-refractivity contribution in [1.82, 2.24) is 4.98 Å². The van der Waals surface area contributed by atoms with E-state index in [0.29, 0.717) is 10.8 Å². The molecule has 1 atom stereocenters. The molecule has 0 bridgehead atoms. The number of aromatic nitrogens is 1. The Balaban J connectivity index is 1.96. The minimum atomic E-state index is 0.0409. The van der Waals surface area contributed by atoms with E-state index in [1.807, 2.05) is 0 Å². The maximum atomic E-state index is 11.8. The van der Waals surface area contributed by atoms with Gasteiger partial charge in [0, 0.05) is 12.1 Å². The lowest BCUT2D eigenvalue weighted by Gasteiger charge is -2.16. The number of rotatable bonds is 2. The van der Waals surface area contributed by atoms with E-state index in [1.54, 1.807) is 12.1 Å². The van der Waals surface area contributed by atoms with E-state index in [9.17, 15) is 4.79 Å². The van der Waals surface area contributed by atoms with Gasteiger partial charge in [0.2, 0.25) is 5.91 Å². The number of carbonyl (C=O) groups is 1. The number of carbonyl (C=O) groups excluding carboxylic acids is 1. The van der Waals surface area contributed by atoms with Gasteiger partial charge in [0.05, 0.1) is 5.02 Å². The van der Waals surface area contributed by atoms with E-state index in [0.717, 1.165) is 19.3 Å². The highest BCUT2D eigenvalue weighted by Gasteiger charge is 2.18. The molecular formula is C12H13ClN2O. The first kappa shape index (κ1) is 11.1. The van der Waals surface area contributed by atoms with Crippen molar-refractivity contribution in [3.8, 4) is 0 Å². The normalized spacial score (nSPS) is 19.4. The monoisotopic (exact) mass is 236 g/mol. The molecule has 1 heterocycles. The Morgan fingerprint density at radius 3 is 2.94 bits per heavy atom. The molecule has 1 aromatic heterocycles. The molecule has 1 N–H and O–H groups in total. The lowest BCUT2D eigenvalue weighted by atomic mass is 9.94. The Hall–Kier alpha value is -1.35. The quantitative estimate of drug-likeness (QED) is 0.802. The van der Waals surface area contributed by atoms with Crippen LogP contribution < -0.4 is 5.32 Å². The highest BCUT2D eigenvalue weighted by molar-refractivity contribution is 6.30. The summed E-state index contributed by atoms with van der Waals surface area (Å²) in [5.74, 6) is 0.672. The molecule has 1 aliphatic carbocycles. The third kappa shape index (κ3) is 2.83. The summed E-state index contributed by atoms with van der Waals surface area (Å²) in [5, 5.41) is 3.36. The molecule has 0 fully saturated rings. The number of allylic oxidation sites excluding steroid dienone is 2. The molecule has 0 saturated heterocycles. The summed E-state index contributed by atoms with van der Waals surface area (Å²) < 4.78 is 0. The van der Waals surface area contributed by atoms with Gasteiger partial charge in [-0.05, 0) is 31.4 Å². The van der Waals surface area contributed by atoms with Crippen molar-refractivity contribution in [2.75, 3.05) is 5.32 Å². The molecular weight excluding hydrogens is 224 g/mol. The van der Waals surface area contributed by atoms with Crippen LogP contribution in [0, 0.1) is 5.92 Å². The number of anilines is 1. The number of nitrogens with one attached hydrogen (secondary N) is 1. The van der Waals surface area contributed by atoms with Gasteiger partial charge in [-0.25, -0.2) is 4.98 Å². The van der Waals surface area contributed by atoms with Crippen LogP contribution in [0.5, 0.6) is 0 Å². The van der Waals surface area contributed by atoms with Gasteiger partial charge in [0.15, 0.2) is 0 Å². The van der Waals surface area contributed by atoms with Crippen molar-refractivity contribution in [3.63, 3.8) is 0 Å². The summed E-state index contributed by atoms with van der Waals surface area (Å²) >= 11 is 5.71. The fourth-order valence-electron chi connectivity index (χ4n) is 1.71. The molecule has 0 radical (unpaired) electrons. The van der Waals surface area contributed by atoms with Crippen LogP contribution in [0.4, 0.5) is 5.82 Å². The first-order valence-corrected chi connectivity index (χ1v) is 5.71. The van der Waals surface area contributed by atoms with Crippen molar-refractivity contribution in [1.29, 1.82) is 0 Å². The van der Waals surface area contributed by atoms with Crippen LogP contribution in [0.3, 0.4) is 0 Å². The second-order valence-corrected chi connectivity index (χ2v) is 4.27. The van der Waals surface area contributed by atoms with Gasteiger partial charge in [-0.3, -0.25) is 4.79 Å². The average molecular weight is 237 g/mol. The number of nitrogens with zero attached hydrogens (tertiary/aromatic N) is 1. The number of amides is 1. The zero-order chi connectivity index (χ0) is 11.4. The molecule has 0 aromatic carbocycles. The Morgan fingerprint density at radius 1 is 1.44 bits per heavy atom. The molecule has 16 heavy (non-hydrogen) atoms. The summed E-state index contributed by atoms with van der Waals surface area (Å²) in [7, 11) is 0. The molecule has 0 unspecified atom stereocenters. The van der Waals surface area contributed by atoms with E-state index in [-0.39, 0.29) is 11.8 Å². The summed E-state index contributed by atoms with van der Waals surface area (Å²) in [5.41, 5.74) is 0. The second kappa shape index (κ2) is 5.12. The van der Waals surface area contributed by atoms with Crippen molar-refractivity contribution < 1.29 is 4.79 Å². The molecule has 4 heteroatoms. The predicted octanol–water partition coefficient (Wildman–Crippen LogP) is 3.03. The van der Waals surface area contributed by atoms with Crippen LogP contribution >= 0.6 is 11.6 Å². The molecule has 1 aromatic rings. The van der Waals surface area contributed by atoms with E-state index < -0.39 is 0 Å². The maximum Gasteiger partial charge on any atom is 0.228 e. The van der Waals surface area contributed by atoms with Crippen LogP contribution in [0.1, 0.15) is 19.3 Å². The number of pyridine rings is 1. The molecule has 0 aliphatic heterocycles. The smallest absolute Gasteiger partial charge is 0.228 e. The Kier molecular flexibility index (Phi) is 3.57. The zero-order valence-corrected chi connectivity index (χ0v) is 9.57. The highest BCUT2D eigenvalue weighted by Crippen LogP contribution is 2.20. The van der Waals surface area contributed by atoms with Crippen molar-refractivity contribution >= 4 is 23.3 Å². The van der Waals surface area contributed by atoms with Crippen LogP contribution in [0.2, 0.25) is 5.02 Å². The zero-order valence-electron chi connectivity index (χ0n) is 8.82. The van der Waals surface area contributed by atoms with Gasteiger partial charge < -0.3 is 5.32 Å². The summed E-state index contributed by atoms with van der Waals surface area (Å²) in [6, 6.07) is 3.42. The van der Waals surface area contributed by atoms with E-state index in [4.69, 9.17) is 11.6 Å². The molecule has 0 spiro atoms. The van der Waals surface area contributed by atoms with Gasteiger partial charge in [0.1, 0.15) is 5.82 Å². The summed E-state index contributed by atoms with van der Waals surface area (Å²) in [4.78, 5) is 15.9. The first-order valence-electron chi connectivity index (χ1n) is 5.33. The van der Waals surface area contributed by atoms with Gasteiger partial charge >= 0.3 is 0 Å². The van der Waals surface area contributed by atoms with Crippen LogP contribution in [0.25, 0.3) is 0 Å². The van der Waals surface area contributed by atoms with Crippen LogP contribution in [0.15, 0.2) is 30.5 Å². The number of halogens is 1. The van der Waals surface area contributed by atoms with E-state index >= 15 is 0 Å². The molecule has 2 rings (SSSR count). The summed E-state index contributed by atoms with van der Waals surface area (Å²) in [6.07, 6.45) is 8.41. The van der Waals surface area contributed by atoms with Crippen molar-refractivity contribution in [3.05, 3.63) is 35.5 Å². The molecule has 84 valence electrons. The van der Waals surface area contributed by atoms with E-state index in [2.05, 4.69) is 22.5 Å². The van der Waals surface area contributed by atoms with Crippen LogP contribution in [-0.4, -0.2) is 10.9 Å². The summed E-state index contributed by atoms with van der Waals surface area (Å²) in [6.45, 7) is 0. The number of hydrogen-bond acceptors (Lipinski definition) is 2.